The lowest BCUT2D eigenvalue weighted by Crippen LogP contribution is -2.55. The molecule has 0 radical (unpaired) electrons. The molecule has 4 fully saturated rings. The van der Waals surface area contributed by atoms with Crippen LogP contribution in [0.15, 0.2) is 30.3 Å². The third kappa shape index (κ3) is 14.3. The molecule has 4 saturated heterocycles. The lowest BCUT2D eigenvalue weighted by Gasteiger charge is -2.39. The minimum atomic E-state index is -4.95. The molecule has 0 aliphatic carbocycles. The van der Waals surface area contributed by atoms with E-state index in [0.29, 0.717) is 23.5 Å². The summed E-state index contributed by atoms with van der Waals surface area (Å²) in [6.07, 6.45) is -4.45. The zero-order valence-corrected chi connectivity index (χ0v) is 34.9. The van der Waals surface area contributed by atoms with Crippen molar-refractivity contribution in [1.82, 2.24) is 0 Å². The first kappa shape index (κ1) is 49.3. The van der Waals surface area contributed by atoms with Crippen LogP contribution >= 0.6 is 0 Å². The summed E-state index contributed by atoms with van der Waals surface area (Å²) in [4.78, 5) is 51.5. The number of ether oxygens (including phenoxy) is 8. The van der Waals surface area contributed by atoms with Crippen molar-refractivity contribution < 1.29 is 95.8 Å². The average molecular weight is 889 g/mol. The molecule has 21 nitrogen and oxygen atoms in total. The molecule has 0 saturated carbocycles. The predicted molar refractivity (Wildman–Crippen MR) is 193 cm³/mol. The number of carbonyl (C=O) groups is 3. The molecular weight excluding hydrogens is 841 g/mol. The number of esters is 3. The van der Waals surface area contributed by atoms with E-state index in [4.69, 9.17) is 42.2 Å². The van der Waals surface area contributed by atoms with Gasteiger partial charge >= 0.3 is 34.5 Å². The highest BCUT2D eigenvalue weighted by atomic mass is 32.3. The van der Waals surface area contributed by atoms with E-state index in [2.05, 4.69) is 31.7 Å². The highest BCUT2D eigenvalue weighted by Crippen LogP contribution is 2.36. The summed E-state index contributed by atoms with van der Waals surface area (Å²) in [5.74, 6) is -2.84. The molecule has 11 atom stereocenters. The zero-order valence-electron chi connectivity index (χ0n) is 32.5. The van der Waals surface area contributed by atoms with E-state index >= 15 is 0 Å². The fourth-order valence-electron chi connectivity index (χ4n) is 6.47. The van der Waals surface area contributed by atoms with Gasteiger partial charge in [0, 0.05) is 5.92 Å². The number of methoxy groups -OCH3 is 3. The van der Waals surface area contributed by atoms with Gasteiger partial charge in [-0.15, -0.1) is 0 Å². The zero-order chi connectivity index (χ0) is 43.2. The molecule has 5 rings (SSSR count). The van der Waals surface area contributed by atoms with E-state index in [1.807, 2.05) is 30.3 Å². The molecule has 0 N–H and O–H groups in total. The second-order valence-corrected chi connectivity index (χ2v) is 17.7. The fraction of sp³-hybridized carbons (Fsp3) is 0.706. The molecule has 4 aliphatic heterocycles. The van der Waals surface area contributed by atoms with Crippen LogP contribution in [0.5, 0.6) is 0 Å². The van der Waals surface area contributed by atoms with Crippen molar-refractivity contribution in [3.63, 3.8) is 0 Å². The Bertz CT molecular complexity index is 1720. The Morgan fingerprint density at radius 3 is 2.09 bits per heavy atom. The first-order valence-corrected chi connectivity index (χ1v) is 22.0. The van der Waals surface area contributed by atoms with Gasteiger partial charge in [-0.25, -0.2) is 16.8 Å². The molecule has 4 aliphatic rings. The van der Waals surface area contributed by atoms with E-state index in [-0.39, 0.29) is 43.0 Å². The largest absolute Gasteiger partial charge is 0.726 e. The Morgan fingerprint density at radius 1 is 0.914 bits per heavy atom. The smallest absolute Gasteiger partial charge is 0.400 e. The fourth-order valence-corrected chi connectivity index (χ4v) is 11.2. The third-order valence-corrected chi connectivity index (χ3v) is 13.9. The van der Waals surface area contributed by atoms with Crippen LogP contribution in [0, 0.1) is 17.8 Å². The van der Waals surface area contributed by atoms with Gasteiger partial charge in [0.05, 0.1) is 47.8 Å². The van der Waals surface area contributed by atoms with Crippen LogP contribution in [0.1, 0.15) is 32.8 Å². The molecule has 0 amide bonds. The average Bonchev–Trinajstić information content (AvgIpc) is 3.49. The van der Waals surface area contributed by atoms with Crippen LogP contribution in [-0.2, 0) is 113 Å². The van der Waals surface area contributed by atoms with Gasteiger partial charge in [-0.3, -0.25) is 18.6 Å². The van der Waals surface area contributed by atoms with Crippen LogP contribution in [0.3, 0.4) is 0 Å². The number of hydrogen-bond donors (Lipinski definition) is 0. The number of benzene rings is 1. The maximum atomic E-state index is 12.0. The molecule has 1 aromatic carbocycles. The molecule has 328 valence electrons. The molecule has 0 bridgehead atoms. The van der Waals surface area contributed by atoms with Gasteiger partial charge in [-0.05, 0) is 29.8 Å². The van der Waals surface area contributed by atoms with Crippen molar-refractivity contribution in [3.8, 4) is 0 Å². The highest BCUT2D eigenvalue weighted by Gasteiger charge is 2.52. The van der Waals surface area contributed by atoms with Crippen LogP contribution in [-0.4, -0.2) is 146 Å². The van der Waals surface area contributed by atoms with E-state index in [1.54, 1.807) is 6.92 Å². The summed E-state index contributed by atoms with van der Waals surface area (Å²) in [6.45, 7) is 5.78. The number of hydrogen-bond acceptors (Lipinski definition) is 21. The van der Waals surface area contributed by atoms with Gasteiger partial charge in [0.15, 0.2) is 12.6 Å². The Kier molecular flexibility index (Phi) is 19.6. The summed E-state index contributed by atoms with van der Waals surface area (Å²) in [5, 5.41) is 0.355. The third-order valence-electron chi connectivity index (χ3n) is 9.39. The van der Waals surface area contributed by atoms with Gasteiger partial charge in [-0.1, -0.05) is 44.2 Å². The maximum absolute atomic E-state index is 12.0. The van der Waals surface area contributed by atoms with Crippen molar-refractivity contribution >= 4 is 55.8 Å². The lowest BCUT2D eigenvalue weighted by molar-refractivity contribution is -0.276. The quantitative estimate of drug-likeness (QED) is 0.0618. The van der Waals surface area contributed by atoms with Crippen LogP contribution < -0.4 is 0 Å². The molecule has 24 heteroatoms. The minimum absolute atomic E-state index is 0.0562. The van der Waals surface area contributed by atoms with Crippen LogP contribution in [0.25, 0.3) is 0 Å². The molecule has 4 heterocycles. The van der Waals surface area contributed by atoms with Gasteiger partial charge in [0.25, 0.3) is 0 Å². The van der Waals surface area contributed by atoms with E-state index in [9.17, 15) is 35.8 Å². The standard InChI is InChI=1S/C23H34O9S2.C10H14O10S.CO2/c1-5-21-15(2)19(29-11-17-9-7-6-8-10-17)13-33(21)14-20-18(32-34(25,26)27)12-30-23(31-20)16(3)22(24)28-4;1-15-8(11)7(9(12)16-2)10-17-3-6-5(19-10)4-18-21(13,14)20-6;2-1-3/h6-10,15-16,18-21,23H,5,11-14H2,1-4H3;5-7,10H,3-4H2,1-2H3;/t15-,16?,18-,19+,20+,21+,23?,33?;5-,6+,10?;/m01./s1. The summed E-state index contributed by atoms with van der Waals surface area (Å²) in [7, 11) is -5.72. The summed E-state index contributed by atoms with van der Waals surface area (Å²) >= 11 is 0. The topological polar surface area (TPSA) is 278 Å². The van der Waals surface area contributed by atoms with Crippen molar-refractivity contribution in [1.29, 1.82) is 0 Å². The van der Waals surface area contributed by atoms with E-state index < -0.39 is 87.5 Å². The van der Waals surface area contributed by atoms with E-state index in [1.165, 1.54) is 7.11 Å². The Balaban J connectivity index is 0.000000320. The molecule has 0 aromatic heterocycles. The first-order chi connectivity index (χ1) is 27.4. The van der Waals surface area contributed by atoms with E-state index in [0.717, 1.165) is 32.0 Å². The normalized spacial score (nSPS) is 30.8. The Hall–Kier alpha value is -3.10. The van der Waals surface area contributed by atoms with Gasteiger partial charge in [0.2, 0.25) is 16.3 Å². The second kappa shape index (κ2) is 23.0. The summed E-state index contributed by atoms with van der Waals surface area (Å²) in [5.41, 5.74) is 1.11. The van der Waals surface area contributed by atoms with Crippen molar-refractivity contribution in [2.75, 3.05) is 52.7 Å². The predicted octanol–water partition coefficient (Wildman–Crippen LogP) is -0.219. The lowest BCUT2D eigenvalue weighted by atomic mass is 10.0. The monoisotopic (exact) mass is 888 g/mol. The van der Waals surface area contributed by atoms with Crippen molar-refractivity contribution in [3.05, 3.63) is 35.9 Å². The second-order valence-electron chi connectivity index (χ2n) is 13.1. The Morgan fingerprint density at radius 2 is 1.52 bits per heavy atom. The van der Waals surface area contributed by atoms with Gasteiger partial charge in [-0.2, -0.15) is 18.0 Å². The summed E-state index contributed by atoms with van der Waals surface area (Å²) < 4.78 is 112. The van der Waals surface area contributed by atoms with Crippen LogP contribution in [0.4, 0.5) is 0 Å². The molecular formula is C34H48O21S3. The SMILES string of the molecule is CC[C@@H]1[C@@H](C)[C@H](OCc2ccccc2)C[S+]1C[C@H]1OC(C(C)C(=O)OC)OC[C@@H]1OS(=O)(=O)[O-].COC(=O)C(C(=O)OC)C1OC[C@@H]2OS(=O)(=O)OC[C@H]2O1.O=C=O. The number of fused-ring (bicyclic) bond motifs is 1. The van der Waals surface area contributed by atoms with Crippen LogP contribution in [0.2, 0.25) is 0 Å². The van der Waals surface area contributed by atoms with Crippen molar-refractivity contribution in [2.45, 2.75) is 82.1 Å². The van der Waals surface area contributed by atoms with Gasteiger partial charge in [0.1, 0.15) is 53.2 Å². The van der Waals surface area contributed by atoms with Crippen molar-refractivity contribution in [2.24, 2.45) is 17.8 Å². The molecule has 4 unspecified atom stereocenters. The van der Waals surface area contributed by atoms with Gasteiger partial charge < -0.3 is 42.4 Å². The Labute approximate surface area is 339 Å². The number of carbonyl (C=O) groups excluding carboxylic acids is 5. The first-order valence-electron chi connectivity index (χ1n) is 17.7. The highest BCUT2D eigenvalue weighted by molar-refractivity contribution is 7.97. The number of rotatable bonds is 13. The summed E-state index contributed by atoms with van der Waals surface area (Å²) in [6, 6.07) is 9.99. The molecule has 0 spiro atoms. The maximum Gasteiger partial charge on any atom is 0.400 e. The molecule has 1 aromatic rings. The minimum Gasteiger partial charge on any atom is -0.726 e. The molecule has 58 heavy (non-hydrogen) atoms.